The molecule has 2 aromatic heterocycles. The molecule has 0 amide bonds. The van der Waals surface area contributed by atoms with Gasteiger partial charge >= 0.3 is 0 Å². The van der Waals surface area contributed by atoms with E-state index in [4.69, 9.17) is 0 Å². The van der Waals surface area contributed by atoms with Gasteiger partial charge in [-0.05, 0) is 17.7 Å². The van der Waals surface area contributed by atoms with Crippen LogP contribution in [0, 0.1) is 0 Å². The van der Waals surface area contributed by atoms with Crippen LogP contribution in [-0.4, -0.2) is 21.2 Å². The fraction of sp³-hybridized carbons (Fsp3) is 0.200. The SMILES string of the molecule is FCSc1cc(NCc2ccncc2)[nH]n1. The minimum Gasteiger partial charge on any atom is -0.366 e. The molecule has 0 radical (unpaired) electrons. The number of halogens is 1. The highest BCUT2D eigenvalue weighted by Gasteiger charge is 2.00. The second-order valence-electron chi connectivity index (χ2n) is 3.08. The first kappa shape index (κ1) is 10.9. The lowest BCUT2D eigenvalue weighted by Crippen LogP contribution is -1.99. The molecule has 0 aromatic carbocycles. The number of alkyl halides is 1. The van der Waals surface area contributed by atoms with Gasteiger partial charge in [-0.15, -0.1) is 0 Å². The number of nitrogens with zero attached hydrogens (tertiary/aromatic N) is 2. The average molecular weight is 238 g/mol. The van der Waals surface area contributed by atoms with Gasteiger partial charge in [-0.25, -0.2) is 4.39 Å². The quantitative estimate of drug-likeness (QED) is 0.785. The predicted octanol–water partition coefficient (Wildman–Crippen LogP) is 2.44. The highest BCUT2D eigenvalue weighted by molar-refractivity contribution is 7.99. The molecule has 0 fully saturated rings. The Morgan fingerprint density at radius 2 is 2.19 bits per heavy atom. The van der Waals surface area contributed by atoms with Crippen molar-refractivity contribution in [3.8, 4) is 0 Å². The normalized spacial score (nSPS) is 10.3. The van der Waals surface area contributed by atoms with Gasteiger partial charge in [0.2, 0.25) is 0 Å². The number of rotatable bonds is 5. The van der Waals surface area contributed by atoms with Crippen molar-refractivity contribution in [1.29, 1.82) is 0 Å². The maximum absolute atomic E-state index is 12.0. The molecule has 0 atom stereocenters. The number of aromatic amines is 1. The lowest BCUT2D eigenvalue weighted by Gasteiger charge is -2.02. The zero-order chi connectivity index (χ0) is 11.2. The number of H-pyrrole nitrogens is 1. The van der Waals surface area contributed by atoms with Gasteiger partial charge < -0.3 is 5.32 Å². The van der Waals surface area contributed by atoms with Crippen molar-refractivity contribution in [2.45, 2.75) is 11.6 Å². The van der Waals surface area contributed by atoms with Crippen LogP contribution in [0.5, 0.6) is 0 Å². The molecule has 4 nitrogen and oxygen atoms in total. The minimum absolute atomic E-state index is 0.464. The first-order valence-corrected chi connectivity index (χ1v) is 5.74. The second kappa shape index (κ2) is 5.50. The highest BCUT2D eigenvalue weighted by atomic mass is 32.2. The van der Waals surface area contributed by atoms with Crippen molar-refractivity contribution in [2.75, 3.05) is 11.3 Å². The molecule has 0 bridgehead atoms. The number of hydrogen-bond donors (Lipinski definition) is 2. The van der Waals surface area contributed by atoms with E-state index in [0.29, 0.717) is 11.6 Å². The number of hydrogen-bond acceptors (Lipinski definition) is 4. The summed E-state index contributed by atoms with van der Waals surface area (Å²) in [6.07, 6.45) is 3.49. The third kappa shape index (κ3) is 2.96. The van der Waals surface area contributed by atoms with Crippen molar-refractivity contribution in [3.63, 3.8) is 0 Å². The Kier molecular flexibility index (Phi) is 3.76. The third-order valence-electron chi connectivity index (χ3n) is 1.99. The maximum Gasteiger partial charge on any atom is 0.141 e. The molecule has 2 rings (SSSR count). The molecule has 84 valence electrons. The van der Waals surface area contributed by atoms with Crippen LogP contribution in [0.2, 0.25) is 0 Å². The van der Waals surface area contributed by atoms with E-state index in [1.807, 2.05) is 12.1 Å². The van der Waals surface area contributed by atoms with E-state index in [1.54, 1.807) is 18.5 Å². The Balaban J connectivity index is 1.89. The van der Waals surface area contributed by atoms with Crippen LogP contribution in [-0.2, 0) is 6.54 Å². The van der Waals surface area contributed by atoms with E-state index in [1.165, 1.54) is 0 Å². The second-order valence-corrected chi connectivity index (χ2v) is 4.01. The molecule has 0 unspecified atom stereocenters. The molecular weight excluding hydrogens is 227 g/mol. The summed E-state index contributed by atoms with van der Waals surface area (Å²) in [6, 6.07) is 5.18. The van der Waals surface area contributed by atoms with Crippen LogP contribution >= 0.6 is 11.8 Å². The zero-order valence-electron chi connectivity index (χ0n) is 8.48. The van der Waals surface area contributed by atoms with Crippen LogP contribution in [0.1, 0.15) is 5.56 Å². The molecular formula is C10H11FN4S. The fourth-order valence-corrected chi connectivity index (χ4v) is 1.64. The Morgan fingerprint density at radius 3 is 2.94 bits per heavy atom. The van der Waals surface area contributed by atoms with Gasteiger partial charge in [-0.3, -0.25) is 10.1 Å². The monoisotopic (exact) mass is 238 g/mol. The number of anilines is 1. The summed E-state index contributed by atoms with van der Waals surface area (Å²) in [4.78, 5) is 3.94. The van der Waals surface area contributed by atoms with Crippen molar-refractivity contribution < 1.29 is 4.39 Å². The molecule has 0 aliphatic rings. The summed E-state index contributed by atoms with van der Waals surface area (Å²) in [7, 11) is 0. The van der Waals surface area contributed by atoms with Gasteiger partial charge in [0.25, 0.3) is 0 Å². The molecule has 0 saturated carbocycles. The summed E-state index contributed by atoms with van der Waals surface area (Å²) in [5.41, 5.74) is 1.13. The van der Waals surface area contributed by atoms with E-state index in [9.17, 15) is 4.39 Å². The smallest absolute Gasteiger partial charge is 0.141 e. The molecule has 0 aliphatic carbocycles. The van der Waals surface area contributed by atoms with Crippen LogP contribution in [0.3, 0.4) is 0 Å². The number of nitrogens with one attached hydrogen (secondary N) is 2. The third-order valence-corrected chi connectivity index (χ3v) is 2.60. The summed E-state index contributed by atoms with van der Waals surface area (Å²) in [6.45, 7) is 0.685. The van der Waals surface area contributed by atoms with Crippen LogP contribution in [0.15, 0.2) is 35.6 Å². The lowest BCUT2D eigenvalue weighted by molar-refractivity contribution is 0.605. The van der Waals surface area contributed by atoms with Crippen molar-refractivity contribution in [2.24, 2.45) is 0 Å². The number of aromatic nitrogens is 3. The molecule has 2 aromatic rings. The fourth-order valence-electron chi connectivity index (χ4n) is 1.22. The molecule has 2 N–H and O–H groups in total. The van der Waals surface area contributed by atoms with E-state index in [2.05, 4.69) is 20.5 Å². The first-order chi connectivity index (χ1) is 7.88. The van der Waals surface area contributed by atoms with Gasteiger partial charge in [0.1, 0.15) is 16.9 Å². The summed E-state index contributed by atoms with van der Waals surface area (Å²) in [5, 5.41) is 10.5. The van der Waals surface area contributed by atoms with Gasteiger partial charge in [-0.1, -0.05) is 11.8 Å². The zero-order valence-corrected chi connectivity index (χ0v) is 9.30. The molecule has 0 saturated heterocycles. The van der Waals surface area contributed by atoms with Gasteiger partial charge in [-0.2, -0.15) is 5.10 Å². The van der Waals surface area contributed by atoms with Crippen LogP contribution in [0.4, 0.5) is 10.2 Å². The van der Waals surface area contributed by atoms with E-state index in [0.717, 1.165) is 23.1 Å². The first-order valence-electron chi connectivity index (χ1n) is 4.75. The van der Waals surface area contributed by atoms with E-state index in [-0.39, 0.29) is 0 Å². The Labute approximate surface area is 96.7 Å². The lowest BCUT2D eigenvalue weighted by atomic mass is 10.3. The molecule has 6 heteroatoms. The minimum atomic E-state index is -0.464. The summed E-state index contributed by atoms with van der Waals surface area (Å²) < 4.78 is 12.0. The highest BCUT2D eigenvalue weighted by Crippen LogP contribution is 2.18. The van der Waals surface area contributed by atoms with Crippen molar-refractivity contribution >= 4 is 17.6 Å². The predicted molar refractivity (Wildman–Crippen MR) is 62.0 cm³/mol. The Bertz CT molecular complexity index is 431. The largest absolute Gasteiger partial charge is 0.366 e. The maximum atomic E-state index is 12.0. The van der Waals surface area contributed by atoms with E-state index >= 15 is 0 Å². The van der Waals surface area contributed by atoms with Crippen molar-refractivity contribution in [3.05, 3.63) is 36.2 Å². The number of thioether (sulfide) groups is 1. The standard InChI is InChI=1S/C10H11FN4S/c11-7-16-10-5-9(14-15-10)13-6-8-1-3-12-4-2-8/h1-5H,6-7H2,(H2,13,14,15). The van der Waals surface area contributed by atoms with E-state index < -0.39 is 6.01 Å². The van der Waals surface area contributed by atoms with Gasteiger partial charge in [0.15, 0.2) is 0 Å². The molecule has 16 heavy (non-hydrogen) atoms. The van der Waals surface area contributed by atoms with Gasteiger partial charge in [0.05, 0.1) is 0 Å². The summed E-state index contributed by atoms with van der Waals surface area (Å²) >= 11 is 1.06. The van der Waals surface area contributed by atoms with Crippen LogP contribution in [0.25, 0.3) is 0 Å². The molecule has 0 aliphatic heterocycles. The Morgan fingerprint density at radius 1 is 1.38 bits per heavy atom. The summed E-state index contributed by atoms with van der Waals surface area (Å²) in [5.74, 6) is 0.785. The molecule has 2 heterocycles. The number of pyridine rings is 1. The molecule has 0 spiro atoms. The van der Waals surface area contributed by atoms with Crippen molar-refractivity contribution in [1.82, 2.24) is 15.2 Å². The topological polar surface area (TPSA) is 53.6 Å². The Hall–Kier alpha value is -1.56. The van der Waals surface area contributed by atoms with Gasteiger partial charge in [0, 0.05) is 25.0 Å². The average Bonchev–Trinajstić information content (AvgIpc) is 2.76. The van der Waals surface area contributed by atoms with Crippen LogP contribution < -0.4 is 5.32 Å².